The Morgan fingerprint density at radius 3 is 2.61 bits per heavy atom. The van der Waals surface area contributed by atoms with Gasteiger partial charge in [-0.25, -0.2) is 9.29 Å². The van der Waals surface area contributed by atoms with Gasteiger partial charge in [-0.3, -0.25) is 9.21 Å². The van der Waals surface area contributed by atoms with Crippen molar-refractivity contribution >= 4 is 58.3 Å². The van der Waals surface area contributed by atoms with Gasteiger partial charge >= 0.3 is 0 Å². The van der Waals surface area contributed by atoms with Crippen molar-refractivity contribution < 1.29 is 4.74 Å². The van der Waals surface area contributed by atoms with Crippen molar-refractivity contribution in [3.8, 4) is 5.75 Å². The second-order valence-corrected chi connectivity index (χ2v) is 12.8. The van der Waals surface area contributed by atoms with Gasteiger partial charge in [0.1, 0.15) is 10.8 Å². The number of piperidine rings is 1. The predicted molar refractivity (Wildman–Crippen MR) is 170 cm³/mol. The highest BCUT2D eigenvalue weighted by Crippen LogP contribution is 2.54. The van der Waals surface area contributed by atoms with E-state index < -0.39 is 0 Å². The first kappa shape index (κ1) is 26.9. The second-order valence-electron chi connectivity index (χ2n) is 11.5. The first-order chi connectivity index (χ1) is 20.0. The zero-order valence-corrected chi connectivity index (χ0v) is 25.5. The number of aryl methyl sites for hydroxylation is 1. The van der Waals surface area contributed by atoms with E-state index in [1.807, 2.05) is 0 Å². The predicted octanol–water partition coefficient (Wildman–Crippen LogP) is 5.48. The molecule has 0 amide bonds. The fourth-order valence-electron chi connectivity index (χ4n) is 6.51. The average molecular weight is 593 g/mol. The number of hydrogen-bond acceptors (Lipinski definition) is 10. The number of likely N-dealkylation sites (N-methyl/N-ethyl adjacent to an activating group) is 1. The lowest BCUT2D eigenvalue weighted by Crippen LogP contribution is -2.52. The molecule has 1 aromatic heterocycles. The van der Waals surface area contributed by atoms with Crippen LogP contribution in [0.3, 0.4) is 0 Å². The molecule has 2 fully saturated rings. The summed E-state index contributed by atoms with van der Waals surface area (Å²) in [5.74, 6) is 1.93. The number of hydrogen-bond donors (Lipinski definition) is 1. The fourth-order valence-corrected chi connectivity index (χ4v) is 7.85. The van der Waals surface area contributed by atoms with E-state index in [2.05, 4.69) is 77.9 Å². The maximum atomic E-state index is 6.66. The Morgan fingerprint density at radius 2 is 1.83 bits per heavy atom. The van der Waals surface area contributed by atoms with Gasteiger partial charge in [0, 0.05) is 63.6 Å². The Bertz CT molecular complexity index is 1440. The Hall–Kier alpha value is -2.92. The molecule has 0 saturated carbocycles. The molecule has 0 unspecified atom stereocenters. The van der Waals surface area contributed by atoms with E-state index in [1.165, 1.54) is 61.5 Å². The molecule has 7 rings (SSSR count). The molecule has 216 valence electrons. The molecule has 4 aliphatic heterocycles. The Kier molecular flexibility index (Phi) is 7.27. The quantitative estimate of drug-likeness (QED) is 0.372. The molecule has 41 heavy (non-hydrogen) atoms. The topological polar surface area (TPSA) is 63.2 Å². The number of anilines is 6. The number of ether oxygens (including phenoxy) is 1. The SMILES string of the molecule is COc1cc(N2CCC(N3CCN(C)CC3)CC2)ccc1Nc1ncc(Cl)c(N2SN3CCc4cc(C)cc2c43)n1. The van der Waals surface area contributed by atoms with Gasteiger partial charge in [-0.2, -0.15) is 4.98 Å². The van der Waals surface area contributed by atoms with Crippen LogP contribution in [-0.4, -0.2) is 85.8 Å². The van der Waals surface area contributed by atoms with E-state index in [1.54, 1.807) is 25.4 Å². The number of benzene rings is 2. The Balaban J connectivity index is 1.07. The molecule has 5 heterocycles. The third-order valence-electron chi connectivity index (χ3n) is 8.78. The lowest BCUT2D eigenvalue weighted by Gasteiger charge is -2.42. The molecule has 11 heteroatoms. The Labute approximate surface area is 251 Å². The van der Waals surface area contributed by atoms with Crippen molar-refractivity contribution in [1.82, 2.24) is 19.8 Å². The number of halogens is 1. The van der Waals surface area contributed by atoms with Crippen LogP contribution in [0, 0.1) is 6.92 Å². The summed E-state index contributed by atoms with van der Waals surface area (Å²) in [6, 6.07) is 11.5. The van der Waals surface area contributed by atoms with E-state index in [-0.39, 0.29) is 0 Å². The van der Waals surface area contributed by atoms with Crippen molar-refractivity contribution in [2.24, 2.45) is 0 Å². The minimum absolute atomic E-state index is 0.481. The number of piperazine rings is 1. The molecule has 3 aromatic rings. The lowest BCUT2D eigenvalue weighted by molar-refractivity contribution is 0.0982. The van der Waals surface area contributed by atoms with Crippen LogP contribution in [0.5, 0.6) is 5.75 Å². The van der Waals surface area contributed by atoms with Gasteiger partial charge in [-0.05, 0) is 62.6 Å². The van der Waals surface area contributed by atoms with Crippen LogP contribution in [0.15, 0.2) is 36.5 Å². The number of methoxy groups -OCH3 is 1. The molecular weight excluding hydrogens is 556 g/mol. The average Bonchev–Trinajstić information content (AvgIpc) is 3.57. The molecule has 0 spiro atoms. The highest BCUT2D eigenvalue weighted by atomic mass is 35.5. The minimum atomic E-state index is 0.481. The molecule has 4 aliphatic rings. The number of nitrogens with zero attached hydrogens (tertiary/aromatic N) is 7. The monoisotopic (exact) mass is 592 g/mol. The molecule has 0 radical (unpaired) electrons. The molecule has 9 nitrogen and oxygen atoms in total. The largest absolute Gasteiger partial charge is 0.494 e. The minimum Gasteiger partial charge on any atom is -0.494 e. The smallest absolute Gasteiger partial charge is 0.229 e. The summed E-state index contributed by atoms with van der Waals surface area (Å²) in [5.41, 5.74) is 7.04. The van der Waals surface area contributed by atoms with Gasteiger partial charge < -0.3 is 19.9 Å². The summed E-state index contributed by atoms with van der Waals surface area (Å²) in [6.45, 7) is 9.96. The number of nitrogens with one attached hydrogen (secondary N) is 1. The van der Waals surface area contributed by atoms with Crippen LogP contribution in [-0.2, 0) is 6.42 Å². The maximum Gasteiger partial charge on any atom is 0.229 e. The molecule has 2 aromatic carbocycles. The highest BCUT2D eigenvalue weighted by molar-refractivity contribution is 8.02. The van der Waals surface area contributed by atoms with Gasteiger partial charge in [-0.1, -0.05) is 17.7 Å². The summed E-state index contributed by atoms with van der Waals surface area (Å²) in [6.07, 6.45) is 5.13. The van der Waals surface area contributed by atoms with Crippen molar-refractivity contribution in [2.75, 3.05) is 78.8 Å². The van der Waals surface area contributed by atoms with Crippen molar-refractivity contribution in [3.05, 3.63) is 52.7 Å². The zero-order chi connectivity index (χ0) is 28.1. The van der Waals surface area contributed by atoms with Crippen LogP contribution >= 0.6 is 23.7 Å². The van der Waals surface area contributed by atoms with Crippen molar-refractivity contribution in [3.63, 3.8) is 0 Å². The van der Waals surface area contributed by atoms with E-state index in [9.17, 15) is 0 Å². The molecule has 0 atom stereocenters. The van der Waals surface area contributed by atoms with E-state index >= 15 is 0 Å². The van der Waals surface area contributed by atoms with Crippen LogP contribution in [0.1, 0.15) is 24.0 Å². The summed E-state index contributed by atoms with van der Waals surface area (Å²) in [7, 11) is 3.93. The van der Waals surface area contributed by atoms with Crippen LogP contribution < -0.4 is 23.6 Å². The van der Waals surface area contributed by atoms with Gasteiger partial charge in [0.2, 0.25) is 5.95 Å². The number of rotatable bonds is 6. The molecular formula is C30H37ClN8OS. The summed E-state index contributed by atoms with van der Waals surface area (Å²) in [5, 5.41) is 3.90. The molecule has 0 aliphatic carbocycles. The number of aromatic nitrogens is 2. The molecule has 2 saturated heterocycles. The third-order valence-corrected chi connectivity index (χ3v) is 10.1. The van der Waals surface area contributed by atoms with Gasteiger partial charge in [0.15, 0.2) is 5.82 Å². The zero-order valence-electron chi connectivity index (χ0n) is 23.9. The van der Waals surface area contributed by atoms with E-state index in [0.29, 0.717) is 22.8 Å². The fraction of sp³-hybridized carbons (Fsp3) is 0.467. The van der Waals surface area contributed by atoms with Crippen molar-refractivity contribution in [1.29, 1.82) is 0 Å². The second kappa shape index (κ2) is 11.1. The van der Waals surface area contributed by atoms with E-state index in [0.717, 1.165) is 43.2 Å². The normalized spacial score (nSPS) is 19.7. The molecule has 0 bridgehead atoms. The van der Waals surface area contributed by atoms with E-state index in [4.69, 9.17) is 21.3 Å². The summed E-state index contributed by atoms with van der Waals surface area (Å²) in [4.78, 5) is 17.0. The maximum absolute atomic E-state index is 6.66. The molecule has 1 N–H and O–H groups in total. The van der Waals surface area contributed by atoms with Crippen LogP contribution in [0.25, 0.3) is 0 Å². The lowest BCUT2D eigenvalue weighted by atomic mass is 10.0. The first-order valence-corrected chi connectivity index (χ1v) is 15.6. The van der Waals surface area contributed by atoms with Gasteiger partial charge in [0.25, 0.3) is 0 Å². The van der Waals surface area contributed by atoms with Crippen molar-refractivity contribution in [2.45, 2.75) is 32.2 Å². The third kappa shape index (κ3) is 5.16. The van der Waals surface area contributed by atoms with Crippen LogP contribution in [0.2, 0.25) is 5.02 Å². The van der Waals surface area contributed by atoms with Gasteiger partial charge in [0.05, 0.1) is 42.5 Å². The summed E-state index contributed by atoms with van der Waals surface area (Å²) >= 11 is 8.31. The van der Waals surface area contributed by atoms with Gasteiger partial charge in [-0.15, -0.1) is 0 Å². The highest BCUT2D eigenvalue weighted by Gasteiger charge is 2.36. The standard InChI is InChI=1S/C30H37ClN8OS/c1-20-16-21-6-11-38-28(21)26(17-20)39(41-38)29-24(31)19-32-30(34-29)33-25-5-4-23(18-27(25)40-3)36-9-7-22(8-10-36)37-14-12-35(2)13-15-37/h4-5,16-19,22H,6-15H2,1-3H3,(H,32,33,34). The summed E-state index contributed by atoms with van der Waals surface area (Å²) < 4.78 is 10.3. The Morgan fingerprint density at radius 1 is 1.02 bits per heavy atom. The first-order valence-electron chi connectivity index (χ1n) is 14.5. The van der Waals surface area contributed by atoms with Crippen LogP contribution in [0.4, 0.5) is 34.5 Å².